The summed E-state index contributed by atoms with van der Waals surface area (Å²) >= 11 is 1.70. The maximum Gasteiger partial charge on any atom is 0.251 e. The average Bonchev–Trinajstić information content (AvgIpc) is 3.73. The van der Waals surface area contributed by atoms with Crippen molar-refractivity contribution in [1.29, 1.82) is 0 Å². The lowest BCUT2D eigenvalue weighted by Gasteiger charge is -2.41. The highest BCUT2D eigenvalue weighted by atomic mass is 32.2. The number of fused-ring (bicyclic) bond motifs is 1. The van der Waals surface area contributed by atoms with Gasteiger partial charge in [-0.3, -0.25) is 14.4 Å². The van der Waals surface area contributed by atoms with E-state index in [9.17, 15) is 14.7 Å². The zero-order valence-corrected chi connectivity index (χ0v) is 31.7. The van der Waals surface area contributed by atoms with Crippen LogP contribution in [-0.2, 0) is 14.4 Å². The van der Waals surface area contributed by atoms with Crippen LogP contribution in [0, 0.1) is 17.8 Å². The number of carbonyl (C=O) groups is 3. The number of benzene rings is 2. The largest absolute Gasteiger partial charge is 0.494 e. The summed E-state index contributed by atoms with van der Waals surface area (Å²) in [6, 6.07) is 14.8. The normalized spacial score (nSPS) is 24.7. The molecule has 0 saturated carbocycles. The number of hydrogen-bond acceptors (Lipinski definition) is 7. The lowest BCUT2D eigenvalue weighted by atomic mass is 9.65. The topological polar surface area (TPSA) is 93.6 Å². The van der Waals surface area contributed by atoms with Crippen molar-refractivity contribution >= 4 is 46.5 Å². The monoisotopic (exact) mass is 716 g/mol. The van der Waals surface area contributed by atoms with Crippen molar-refractivity contribution in [2.75, 3.05) is 60.6 Å². The molecule has 2 bridgehead atoms. The molecular weight excluding hydrogens is 661 g/mol. The molecule has 0 aromatic heterocycles. The van der Waals surface area contributed by atoms with E-state index in [-0.39, 0.29) is 35.5 Å². The Labute approximate surface area is 308 Å². The molecule has 51 heavy (non-hydrogen) atoms. The van der Waals surface area contributed by atoms with Gasteiger partial charge in [-0.1, -0.05) is 31.9 Å². The van der Waals surface area contributed by atoms with Crippen LogP contribution in [0.1, 0.15) is 59.8 Å². The third-order valence-electron chi connectivity index (χ3n) is 11.0. The number of likely N-dealkylation sites (tertiary alicyclic amines) is 1. The maximum atomic E-state index is 15.2. The molecule has 6 atom stereocenters. The van der Waals surface area contributed by atoms with Crippen LogP contribution in [0.3, 0.4) is 0 Å². The number of aliphatic hydroxyl groups is 1. The minimum atomic E-state index is -0.747. The zero-order chi connectivity index (χ0) is 36.7. The first-order valence-corrected chi connectivity index (χ1v) is 19.6. The fourth-order valence-electron chi connectivity index (χ4n) is 8.62. The van der Waals surface area contributed by atoms with E-state index in [0.717, 1.165) is 55.2 Å². The number of unbranched alkanes of at least 4 members (excludes halogenated alkanes) is 3. The number of ether oxygens (including phenoxy) is 1. The summed E-state index contributed by atoms with van der Waals surface area (Å²) in [5.41, 5.74) is 2.57. The predicted octanol–water partition coefficient (Wildman–Crippen LogP) is 6.56. The lowest BCUT2D eigenvalue weighted by molar-refractivity contribution is -0.139. The highest BCUT2D eigenvalue weighted by Gasteiger charge is 2.76. The summed E-state index contributed by atoms with van der Waals surface area (Å²) in [7, 11) is 0. The van der Waals surface area contributed by atoms with Crippen LogP contribution < -0.4 is 19.4 Å². The van der Waals surface area contributed by atoms with Gasteiger partial charge < -0.3 is 29.4 Å². The first kappa shape index (κ1) is 38.5. The quantitative estimate of drug-likeness (QED) is 0.130. The second kappa shape index (κ2) is 17.2. The van der Waals surface area contributed by atoms with Gasteiger partial charge in [-0.05, 0) is 94.5 Å². The molecule has 2 aromatic carbocycles. The van der Waals surface area contributed by atoms with E-state index in [2.05, 4.69) is 38.8 Å². The van der Waals surface area contributed by atoms with Gasteiger partial charge in [-0.2, -0.15) is 0 Å². The van der Waals surface area contributed by atoms with Crippen LogP contribution >= 0.6 is 11.8 Å². The average molecular weight is 717 g/mol. The molecule has 2 aromatic rings. The molecule has 3 aliphatic heterocycles. The van der Waals surface area contributed by atoms with Crippen LogP contribution in [0.25, 0.3) is 0 Å². The number of hydrogen-bond donors (Lipinski definition) is 1. The van der Waals surface area contributed by atoms with Crippen molar-refractivity contribution in [3.8, 4) is 5.75 Å². The molecule has 276 valence electrons. The van der Waals surface area contributed by atoms with E-state index in [0.29, 0.717) is 39.1 Å². The Morgan fingerprint density at radius 3 is 2.04 bits per heavy atom. The van der Waals surface area contributed by atoms with Crippen molar-refractivity contribution in [3.63, 3.8) is 0 Å². The van der Waals surface area contributed by atoms with Gasteiger partial charge in [-0.25, -0.2) is 0 Å². The van der Waals surface area contributed by atoms with Crippen molar-refractivity contribution in [3.05, 3.63) is 73.8 Å². The summed E-state index contributed by atoms with van der Waals surface area (Å²) in [5, 5.41) is 9.26. The first-order valence-electron chi connectivity index (χ1n) is 18.7. The smallest absolute Gasteiger partial charge is 0.251 e. The Bertz CT molecular complexity index is 1530. The molecule has 1 N–H and O–H groups in total. The highest BCUT2D eigenvalue weighted by molar-refractivity contribution is 8.02. The van der Waals surface area contributed by atoms with Crippen LogP contribution in [0.15, 0.2) is 73.8 Å². The minimum absolute atomic E-state index is 0.0489. The number of rotatable bonds is 19. The number of aliphatic hydroxyl groups excluding tert-OH is 1. The van der Waals surface area contributed by atoms with Crippen molar-refractivity contribution in [2.24, 2.45) is 17.8 Å². The molecule has 3 amide bonds. The standard InChI is InChI=1S/C41H56N4O5S/c1-7-24-43(32-20-22-33(23-21-32)50-11-5)38(47)35-34-28-29(6)41(51-34)36(35)39(48)45(26-14-12-13-15-27-46)37(41)40(49)44(25-8-2)31-18-16-30(17-19-31)42(9-3)10-4/h7-8,16-23,29,34-37,46H,1-2,9-15,24-28H2,3-6H3/t29?,34-,35+,36-,37?,41?/m0/s1. The molecule has 3 unspecified atom stereocenters. The molecular formula is C41H56N4O5S. The highest BCUT2D eigenvalue weighted by Crippen LogP contribution is 2.69. The summed E-state index contributed by atoms with van der Waals surface area (Å²) in [6.07, 6.45) is 7.31. The van der Waals surface area contributed by atoms with E-state index in [1.807, 2.05) is 60.4 Å². The summed E-state index contributed by atoms with van der Waals surface area (Å²) in [5.74, 6) is -0.746. The fraction of sp³-hybridized carbons (Fsp3) is 0.537. The van der Waals surface area contributed by atoms with Gasteiger partial charge in [0.05, 0.1) is 23.2 Å². The SMILES string of the molecule is C=CCN(C(=O)C1N(CCCCCCO)C(=O)[C@@H]2[C@H](C(=O)N(CC=C)c3ccc(OCC)cc3)[C@@H]3CC(C)C12S3)c1ccc(N(CC)CC)cc1. The summed E-state index contributed by atoms with van der Waals surface area (Å²) in [4.78, 5) is 52.4. The van der Waals surface area contributed by atoms with E-state index < -0.39 is 22.6 Å². The van der Waals surface area contributed by atoms with Gasteiger partial charge in [0.1, 0.15) is 11.8 Å². The molecule has 3 aliphatic rings. The third kappa shape index (κ3) is 7.31. The van der Waals surface area contributed by atoms with Crippen LogP contribution in [-0.4, -0.2) is 89.7 Å². The molecule has 9 nitrogen and oxygen atoms in total. The number of anilines is 3. The lowest BCUT2D eigenvalue weighted by Crippen LogP contribution is -2.57. The van der Waals surface area contributed by atoms with E-state index in [1.165, 1.54) is 0 Å². The van der Waals surface area contributed by atoms with E-state index >= 15 is 4.79 Å². The number of nitrogens with zero attached hydrogens (tertiary/aromatic N) is 4. The molecule has 0 radical (unpaired) electrons. The summed E-state index contributed by atoms with van der Waals surface area (Å²) < 4.78 is 4.90. The third-order valence-corrected chi connectivity index (χ3v) is 13.1. The maximum absolute atomic E-state index is 15.2. The van der Waals surface area contributed by atoms with Crippen molar-refractivity contribution in [1.82, 2.24) is 4.90 Å². The van der Waals surface area contributed by atoms with Crippen LogP contribution in [0.4, 0.5) is 17.1 Å². The van der Waals surface area contributed by atoms with Gasteiger partial charge in [-0.15, -0.1) is 24.9 Å². The number of carbonyl (C=O) groups excluding carboxylic acids is 3. The Balaban J connectivity index is 1.53. The van der Waals surface area contributed by atoms with Gasteiger partial charge in [0.15, 0.2) is 0 Å². The van der Waals surface area contributed by atoms with Crippen molar-refractivity contribution < 1.29 is 24.2 Å². The second-order valence-corrected chi connectivity index (χ2v) is 15.4. The van der Waals surface area contributed by atoms with Crippen molar-refractivity contribution in [2.45, 2.75) is 75.8 Å². The van der Waals surface area contributed by atoms with E-state index in [4.69, 9.17) is 4.74 Å². The Morgan fingerprint density at radius 2 is 1.47 bits per heavy atom. The second-order valence-electron chi connectivity index (χ2n) is 13.8. The van der Waals surface area contributed by atoms with Crippen LogP contribution in [0.5, 0.6) is 5.75 Å². The van der Waals surface area contributed by atoms with Gasteiger partial charge >= 0.3 is 0 Å². The molecule has 3 saturated heterocycles. The molecule has 10 heteroatoms. The Kier molecular flexibility index (Phi) is 13.0. The zero-order valence-electron chi connectivity index (χ0n) is 30.8. The van der Waals surface area contributed by atoms with Gasteiger partial charge in [0, 0.05) is 61.6 Å². The molecule has 3 fully saturated rings. The van der Waals surface area contributed by atoms with Gasteiger partial charge in [0.25, 0.3) is 5.91 Å². The summed E-state index contributed by atoms with van der Waals surface area (Å²) in [6.45, 7) is 19.7. The fourth-order valence-corrected chi connectivity index (χ4v) is 11.0. The molecule has 3 heterocycles. The van der Waals surface area contributed by atoms with Gasteiger partial charge in [0.2, 0.25) is 11.8 Å². The first-order chi connectivity index (χ1) is 24.7. The Morgan fingerprint density at radius 1 is 0.902 bits per heavy atom. The number of thioether (sulfide) groups is 1. The van der Waals surface area contributed by atoms with Crippen LogP contribution in [0.2, 0.25) is 0 Å². The molecule has 0 aliphatic carbocycles. The minimum Gasteiger partial charge on any atom is -0.494 e. The number of amides is 3. The Hall–Kier alpha value is -3.76. The molecule has 5 rings (SSSR count). The predicted molar refractivity (Wildman–Crippen MR) is 209 cm³/mol. The van der Waals surface area contributed by atoms with E-state index in [1.54, 1.807) is 33.7 Å². The molecule has 1 spiro atoms.